The second kappa shape index (κ2) is 4.65. The van der Waals surface area contributed by atoms with Crippen molar-refractivity contribution in [1.29, 1.82) is 0 Å². The van der Waals surface area contributed by atoms with Crippen LogP contribution in [0.2, 0.25) is 0 Å². The third kappa shape index (κ3) is 2.41. The van der Waals surface area contributed by atoms with Crippen LogP contribution >= 0.6 is 0 Å². The molecule has 2 rings (SSSR count). The number of aryl methyl sites for hydroxylation is 1. The summed E-state index contributed by atoms with van der Waals surface area (Å²) in [5.41, 5.74) is 1.08. The summed E-state index contributed by atoms with van der Waals surface area (Å²) in [6.45, 7) is 1.97. The van der Waals surface area contributed by atoms with Crippen molar-refractivity contribution < 1.29 is 4.79 Å². The van der Waals surface area contributed by atoms with E-state index in [2.05, 4.69) is 20.5 Å². The number of pyridine rings is 1. The minimum atomic E-state index is -0.291. The first-order valence-corrected chi connectivity index (χ1v) is 5.23. The summed E-state index contributed by atoms with van der Waals surface area (Å²) in [4.78, 5) is 25.1. The number of carbonyl (C=O) groups excluding carboxylic acids is 1. The van der Waals surface area contributed by atoms with E-state index in [-0.39, 0.29) is 11.5 Å². The zero-order chi connectivity index (χ0) is 12.3. The molecule has 6 heteroatoms. The molecule has 0 radical (unpaired) electrons. The van der Waals surface area contributed by atoms with Gasteiger partial charge in [-0.25, -0.2) is 0 Å². The van der Waals surface area contributed by atoms with Crippen LogP contribution in [0.3, 0.4) is 0 Å². The summed E-state index contributed by atoms with van der Waals surface area (Å²) < 4.78 is 0. The Bertz CT molecular complexity index is 565. The highest BCUT2D eigenvalue weighted by atomic mass is 16.2. The van der Waals surface area contributed by atoms with Gasteiger partial charge >= 0.3 is 0 Å². The van der Waals surface area contributed by atoms with Gasteiger partial charge in [0.1, 0.15) is 5.82 Å². The Balaban J connectivity index is 2.17. The maximum absolute atomic E-state index is 11.8. The molecule has 0 aliphatic rings. The van der Waals surface area contributed by atoms with Crippen LogP contribution in [0.4, 0.5) is 5.82 Å². The van der Waals surface area contributed by atoms with Gasteiger partial charge in [-0.2, -0.15) is 5.10 Å². The lowest BCUT2D eigenvalue weighted by Crippen LogP contribution is -2.15. The van der Waals surface area contributed by atoms with Gasteiger partial charge in [0.15, 0.2) is 0 Å². The third-order valence-electron chi connectivity index (χ3n) is 2.38. The number of nitrogens with one attached hydrogen (secondary N) is 3. The molecule has 0 bridgehead atoms. The first-order chi connectivity index (χ1) is 8.20. The Morgan fingerprint density at radius 1 is 1.47 bits per heavy atom. The van der Waals surface area contributed by atoms with Gasteiger partial charge in [0.25, 0.3) is 5.91 Å². The number of aromatic nitrogens is 3. The molecule has 0 aromatic carbocycles. The average Bonchev–Trinajstić information content (AvgIpc) is 2.77. The fourth-order valence-electron chi connectivity index (χ4n) is 1.42. The molecule has 0 saturated heterocycles. The second-order valence-corrected chi connectivity index (χ2v) is 3.52. The van der Waals surface area contributed by atoms with Crippen LogP contribution in [-0.4, -0.2) is 21.1 Å². The third-order valence-corrected chi connectivity index (χ3v) is 2.38. The maximum atomic E-state index is 11.8. The number of rotatable bonds is 3. The molecular formula is C11H12N4O2. The molecule has 2 aromatic heterocycles. The van der Waals surface area contributed by atoms with E-state index in [1.54, 1.807) is 6.20 Å². The van der Waals surface area contributed by atoms with Gasteiger partial charge in [-0.1, -0.05) is 6.92 Å². The average molecular weight is 232 g/mol. The molecule has 2 heterocycles. The number of hydrogen-bond acceptors (Lipinski definition) is 3. The van der Waals surface area contributed by atoms with Crippen LogP contribution in [0.1, 0.15) is 22.8 Å². The topological polar surface area (TPSA) is 90.6 Å². The number of H-pyrrole nitrogens is 2. The highest BCUT2D eigenvalue weighted by molar-refractivity contribution is 6.03. The number of nitrogens with zero attached hydrogens (tertiary/aromatic N) is 1. The largest absolute Gasteiger partial charge is 0.328 e. The predicted octanol–water partition coefficient (Wildman–Crippen LogP) is 0.913. The molecule has 0 fully saturated rings. The molecule has 0 spiro atoms. The zero-order valence-corrected chi connectivity index (χ0v) is 9.28. The van der Waals surface area contributed by atoms with E-state index in [1.807, 2.05) is 6.92 Å². The van der Waals surface area contributed by atoms with Crippen molar-refractivity contribution >= 4 is 11.7 Å². The monoisotopic (exact) mass is 232 g/mol. The molecule has 17 heavy (non-hydrogen) atoms. The number of amides is 1. The van der Waals surface area contributed by atoms with Gasteiger partial charge in [-0.05, 0) is 12.5 Å². The van der Waals surface area contributed by atoms with E-state index in [0.717, 1.165) is 12.0 Å². The smallest absolute Gasteiger partial charge is 0.258 e. The molecule has 3 N–H and O–H groups in total. The fourth-order valence-corrected chi connectivity index (χ4v) is 1.42. The Kier molecular flexibility index (Phi) is 3.04. The van der Waals surface area contributed by atoms with E-state index in [4.69, 9.17) is 0 Å². The quantitative estimate of drug-likeness (QED) is 0.734. The van der Waals surface area contributed by atoms with Crippen LogP contribution in [0.15, 0.2) is 29.3 Å². The molecule has 0 saturated carbocycles. The van der Waals surface area contributed by atoms with Crippen LogP contribution < -0.4 is 10.9 Å². The normalized spacial score (nSPS) is 10.2. The van der Waals surface area contributed by atoms with E-state index in [0.29, 0.717) is 11.4 Å². The summed E-state index contributed by atoms with van der Waals surface area (Å²) in [5, 5.41) is 9.27. The molecule has 0 atom stereocenters. The zero-order valence-electron chi connectivity index (χ0n) is 9.28. The summed E-state index contributed by atoms with van der Waals surface area (Å²) in [6.07, 6.45) is 3.82. The van der Waals surface area contributed by atoms with Crippen LogP contribution in [0.25, 0.3) is 0 Å². The van der Waals surface area contributed by atoms with Crippen molar-refractivity contribution in [1.82, 2.24) is 15.2 Å². The van der Waals surface area contributed by atoms with Crippen LogP contribution in [0, 0.1) is 0 Å². The highest BCUT2D eigenvalue weighted by Crippen LogP contribution is 2.12. The summed E-state index contributed by atoms with van der Waals surface area (Å²) in [7, 11) is 0. The SMILES string of the molecule is CCc1cn[nH]c1NC(=O)c1ccc(=O)[nH]c1. The second-order valence-electron chi connectivity index (χ2n) is 3.52. The number of anilines is 1. The van der Waals surface area contributed by atoms with Gasteiger partial charge in [-0.3, -0.25) is 14.7 Å². The lowest BCUT2D eigenvalue weighted by molar-refractivity contribution is 0.102. The molecule has 6 nitrogen and oxygen atoms in total. The van der Waals surface area contributed by atoms with Crippen molar-refractivity contribution in [2.75, 3.05) is 5.32 Å². The van der Waals surface area contributed by atoms with Gasteiger partial charge < -0.3 is 10.3 Å². The molecular weight excluding hydrogens is 220 g/mol. The Morgan fingerprint density at radius 3 is 2.94 bits per heavy atom. The lowest BCUT2D eigenvalue weighted by atomic mass is 10.2. The first kappa shape index (κ1) is 11.1. The summed E-state index contributed by atoms with van der Waals surface area (Å²) >= 11 is 0. The van der Waals surface area contributed by atoms with Crippen LogP contribution in [-0.2, 0) is 6.42 Å². The Morgan fingerprint density at radius 2 is 2.29 bits per heavy atom. The minimum absolute atomic E-state index is 0.239. The molecule has 0 aliphatic heterocycles. The van der Waals surface area contributed by atoms with Crippen molar-refractivity contribution in [2.24, 2.45) is 0 Å². The predicted molar refractivity (Wildman–Crippen MR) is 63.0 cm³/mol. The minimum Gasteiger partial charge on any atom is -0.328 e. The highest BCUT2D eigenvalue weighted by Gasteiger charge is 2.09. The van der Waals surface area contributed by atoms with Crippen molar-refractivity contribution in [3.05, 3.63) is 46.0 Å². The van der Waals surface area contributed by atoms with E-state index in [1.165, 1.54) is 18.3 Å². The maximum Gasteiger partial charge on any atom is 0.258 e. The summed E-state index contributed by atoms with van der Waals surface area (Å²) in [5.74, 6) is 0.295. The molecule has 0 unspecified atom stereocenters. The fraction of sp³-hybridized carbons (Fsp3) is 0.182. The summed E-state index contributed by atoms with van der Waals surface area (Å²) in [6, 6.07) is 2.78. The van der Waals surface area contributed by atoms with Crippen LogP contribution in [0.5, 0.6) is 0 Å². The van der Waals surface area contributed by atoms with E-state index in [9.17, 15) is 9.59 Å². The van der Waals surface area contributed by atoms with E-state index >= 15 is 0 Å². The lowest BCUT2D eigenvalue weighted by Gasteiger charge is -2.03. The molecule has 1 amide bonds. The Hall–Kier alpha value is -2.37. The first-order valence-electron chi connectivity index (χ1n) is 5.23. The standard InChI is InChI=1S/C11H12N4O2/c1-2-7-6-13-15-10(7)14-11(17)8-3-4-9(16)12-5-8/h3-6H,2H2,1H3,(H,12,16)(H2,13,14,15,17). The van der Waals surface area contributed by atoms with Gasteiger partial charge in [-0.15, -0.1) is 0 Å². The van der Waals surface area contributed by atoms with Gasteiger partial charge in [0.2, 0.25) is 5.56 Å². The molecule has 0 aliphatic carbocycles. The van der Waals surface area contributed by atoms with Crippen molar-refractivity contribution in [3.63, 3.8) is 0 Å². The van der Waals surface area contributed by atoms with E-state index < -0.39 is 0 Å². The number of aromatic amines is 2. The number of carbonyl (C=O) groups is 1. The number of hydrogen-bond donors (Lipinski definition) is 3. The van der Waals surface area contributed by atoms with Crippen molar-refractivity contribution in [3.8, 4) is 0 Å². The molecule has 88 valence electrons. The molecule has 2 aromatic rings. The Labute approximate surface area is 97.1 Å². The van der Waals surface area contributed by atoms with Gasteiger partial charge in [0, 0.05) is 17.8 Å². The van der Waals surface area contributed by atoms with Gasteiger partial charge in [0.05, 0.1) is 11.8 Å². The van der Waals surface area contributed by atoms with Crippen molar-refractivity contribution in [2.45, 2.75) is 13.3 Å².